The Morgan fingerprint density at radius 1 is 1.08 bits per heavy atom. The summed E-state index contributed by atoms with van der Waals surface area (Å²) in [7, 11) is 3.74. The summed E-state index contributed by atoms with van der Waals surface area (Å²) in [5.41, 5.74) is 3.70. The van der Waals surface area contributed by atoms with E-state index in [2.05, 4.69) is 17.1 Å². The Labute approximate surface area is 225 Å². The molecule has 0 unspecified atom stereocenters. The molecule has 3 heterocycles. The molecule has 1 N–H and O–H groups in total. The number of hydrogen-bond acceptors (Lipinski definition) is 8. The highest BCUT2D eigenvalue weighted by atomic mass is 32.1. The smallest absolute Gasteiger partial charge is 0.490 e. The van der Waals surface area contributed by atoms with Crippen molar-refractivity contribution in [2.75, 3.05) is 40.3 Å². The number of aromatic nitrogens is 2. The second-order valence-electron chi connectivity index (χ2n) is 8.76. The third kappa shape index (κ3) is 6.73. The van der Waals surface area contributed by atoms with E-state index in [1.807, 2.05) is 52.7 Å². The highest BCUT2D eigenvalue weighted by Gasteiger charge is 2.38. The zero-order valence-electron chi connectivity index (χ0n) is 21.1. The van der Waals surface area contributed by atoms with E-state index >= 15 is 0 Å². The van der Waals surface area contributed by atoms with E-state index in [0.717, 1.165) is 60.0 Å². The highest BCUT2D eigenvalue weighted by molar-refractivity contribution is 7.13. The van der Waals surface area contributed by atoms with E-state index in [1.165, 1.54) is 0 Å². The van der Waals surface area contributed by atoms with Crippen LogP contribution in [0.2, 0.25) is 0 Å². The van der Waals surface area contributed by atoms with Gasteiger partial charge in [-0.05, 0) is 62.5 Å². The highest BCUT2D eigenvalue weighted by Crippen LogP contribution is 2.33. The number of carbonyl (C=O) groups is 2. The maximum absolute atomic E-state index is 13.1. The summed E-state index contributed by atoms with van der Waals surface area (Å²) in [6.45, 7) is 3.41. The molecule has 206 valence electrons. The van der Waals surface area contributed by atoms with Crippen LogP contribution in [0.25, 0.3) is 32.9 Å². The molecule has 0 radical (unpaired) electrons. The van der Waals surface area contributed by atoms with Gasteiger partial charge in [-0.1, -0.05) is 5.16 Å². The van der Waals surface area contributed by atoms with Gasteiger partial charge in [-0.15, -0.1) is 11.3 Å². The van der Waals surface area contributed by atoms with Gasteiger partial charge in [-0.3, -0.25) is 4.79 Å². The molecule has 0 saturated carbocycles. The fourth-order valence-electron chi connectivity index (χ4n) is 3.94. The zero-order chi connectivity index (χ0) is 28.2. The number of alkyl halides is 3. The number of likely N-dealkylation sites (N-methyl/N-ethyl adjacent to an activating group) is 1. The molecule has 1 aliphatic heterocycles. The minimum Gasteiger partial charge on any atom is -0.497 e. The largest absolute Gasteiger partial charge is 0.497 e. The fraction of sp³-hybridized carbons (Fsp3) is 0.308. The molecule has 4 aromatic rings. The SMILES string of the molecule is COc1ccc(-c2nc(-c3noc4ccc(C(=O)N5CCCN(C)CC5)cc34)cs2)cc1.O=C(O)C(F)(F)F. The molecule has 0 spiro atoms. The number of aliphatic carboxylic acids is 1. The van der Waals surface area contributed by atoms with Gasteiger partial charge in [0.2, 0.25) is 0 Å². The third-order valence-corrected chi connectivity index (χ3v) is 6.94. The van der Waals surface area contributed by atoms with Gasteiger partial charge in [0.05, 0.1) is 12.5 Å². The number of benzene rings is 2. The third-order valence-electron chi connectivity index (χ3n) is 6.05. The summed E-state index contributed by atoms with van der Waals surface area (Å²) < 4.78 is 42.5. The molecule has 1 fully saturated rings. The molecule has 39 heavy (non-hydrogen) atoms. The molecule has 13 heteroatoms. The molecule has 1 aliphatic rings. The minimum absolute atomic E-state index is 0.0477. The monoisotopic (exact) mass is 562 g/mol. The van der Waals surface area contributed by atoms with Crippen molar-refractivity contribution in [3.05, 3.63) is 53.4 Å². The van der Waals surface area contributed by atoms with Crippen molar-refractivity contribution in [2.24, 2.45) is 0 Å². The van der Waals surface area contributed by atoms with Gasteiger partial charge in [0.15, 0.2) is 5.58 Å². The molecule has 1 amide bonds. The zero-order valence-corrected chi connectivity index (χ0v) is 21.9. The number of nitrogens with zero attached hydrogens (tertiary/aromatic N) is 4. The van der Waals surface area contributed by atoms with Crippen molar-refractivity contribution in [1.29, 1.82) is 0 Å². The Bertz CT molecular complexity index is 1450. The number of carboxylic acid groups (broad SMARTS) is 1. The van der Waals surface area contributed by atoms with Gasteiger partial charge >= 0.3 is 12.1 Å². The Morgan fingerprint density at radius 2 is 1.79 bits per heavy atom. The Balaban J connectivity index is 0.000000448. The minimum atomic E-state index is -5.08. The van der Waals surface area contributed by atoms with Gasteiger partial charge in [0.25, 0.3) is 5.91 Å². The summed E-state index contributed by atoms with van der Waals surface area (Å²) >= 11 is 1.55. The molecular formula is C26H25F3N4O5S. The van der Waals surface area contributed by atoms with Gasteiger partial charge in [-0.2, -0.15) is 13.2 Å². The first-order valence-electron chi connectivity index (χ1n) is 11.8. The van der Waals surface area contributed by atoms with Crippen LogP contribution < -0.4 is 4.74 Å². The number of hydrogen-bond donors (Lipinski definition) is 1. The maximum atomic E-state index is 13.1. The number of ether oxygens (including phenoxy) is 1. The predicted molar refractivity (Wildman–Crippen MR) is 139 cm³/mol. The van der Waals surface area contributed by atoms with Crippen LogP contribution in [-0.4, -0.2) is 83.4 Å². The van der Waals surface area contributed by atoms with Crippen LogP contribution in [0.4, 0.5) is 13.2 Å². The normalized spacial score (nSPS) is 14.4. The van der Waals surface area contributed by atoms with Crippen LogP contribution in [0.3, 0.4) is 0 Å². The van der Waals surface area contributed by atoms with E-state index in [0.29, 0.717) is 16.8 Å². The molecule has 5 rings (SSSR count). The molecule has 9 nitrogen and oxygen atoms in total. The van der Waals surface area contributed by atoms with Crippen LogP contribution in [0.1, 0.15) is 16.8 Å². The average molecular weight is 563 g/mol. The number of fused-ring (bicyclic) bond motifs is 1. The number of carbonyl (C=O) groups excluding carboxylic acids is 1. The van der Waals surface area contributed by atoms with E-state index in [-0.39, 0.29) is 5.91 Å². The van der Waals surface area contributed by atoms with Crippen molar-refractivity contribution in [3.63, 3.8) is 0 Å². The molecule has 2 aromatic carbocycles. The quantitative estimate of drug-likeness (QED) is 0.369. The van der Waals surface area contributed by atoms with Gasteiger partial charge < -0.3 is 24.2 Å². The lowest BCUT2D eigenvalue weighted by Crippen LogP contribution is -2.34. The molecular weight excluding hydrogens is 537 g/mol. The van der Waals surface area contributed by atoms with Gasteiger partial charge in [0.1, 0.15) is 22.1 Å². The number of halogens is 3. The number of methoxy groups -OCH3 is 1. The molecule has 1 saturated heterocycles. The number of rotatable bonds is 4. The van der Waals surface area contributed by atoms with Crippen molar-refractivity contribution < 1.29 is 37.1 Å². The van der Waals surface area contributed by atoms with Gasteiger partial charge in [0, 0.05) is 36.1 Å². The number of amides is 1. The van der Waals surface area contributed by atoms with E-state index < -0.39 is 12.1 Å². The first-order chi connectivity index (χ1) is 18.6. The first kappa shape index (κ1) is 28.0. The lowest BCUT2D eigenvalue weighted by Gasteiger charge is -2.20. The van der Waals surface area contributed by atoms with Gasteiger partial charge in [-0.25, -0.2) is 9.78 Å². The molecule has 0 aliphatic carbocycles. The first-order valence-corrected chi connectivity index (χ1v) is 12.7. The average Bonchev–Trinajstić information content (AvgIpc) is 3.51. The Morgan fingerprint density at radius 3 is 2.46 bits per heavy atom. The van der Waals surface area contributed by atoms with Crippen molar-refractivity contribution in [1.82, 2.24) is 19.9 Å². The van der Waals surface area contributed by atoms with Crippen molar-refractivity contribution >= 4 is 34.2 Å². The molecule has 2 aromatic heterocycles. The van der Waals surface area contributed by atoms with Crippen LogP contribution >= 0.6 is 11.3 Å². The van der Waals surface area contributed by atoms with E-state index in [9.17, 15) is 18.0 Å². The summed E-state index contributed by atoms with van der Waals surface area (Å²) in [5.74, 6) is -1.90. The second kappa shape index (κ2) is 11.8. The lowest BCUT2D eigenvalue weighted by atomic mass is 10.1. The molecule has 0 atom stereocenters. The lowest BCUT2D eigenvalue weighted by molar-refractivity contribution is -0.192. The number of thiazole rings is 1. The summed E-state index contributed by atoms with van der Waals surface area (Å²) in [6, 6.07) is 13.3. The van der Waals surface area contributed by atoms with Crippen LogP contribution in [-0.2, 0) is 4.79 Å². The predicted octanol–water partition coefficient (Wildman–Crippen LogP) is 5.04. The topological polar surface area (TPSA) is 109 Å². The summed E-state index contributed by atoms with van der Waals surface area (Å²) in [5, 5.41) is 15.0. The van der Waals surface area contributed by atoms with Crippen LogP contribution in [0.15, 0.2) is 52.4 Å². The second-order valence-corrected chi connectivity index (χ2v) is 9.62. The van der Waals surface area contributed by atoms with Crippen LogP contribution in [0, 0.1) is 0 Å². The summed E-state index contributed by atoms with van der Waals surface area (Å²) in [4.78, 5) is 31.0. The summed E-state index contributed by atoms with van der Waals surface area (Å²) in [6.07, 6.45) is -4.10. The standard InChI is InChI=1S/C24H24N4O3S.C2HF3O2/c1-27-10-3-11-28(13-12-27)24(29)17-6-9-21-19(14-17)22(26-31-21)20-15-32-23(25-20)16-4-7-18(30-2)8-5-16;3-2(4,5)1(6)7/h4-9,14-15H,3,10-13H2,1-2H3;(H,6,7). The Kier molecular flexibility index (Phi) is 8.51. The van der Waals surface area contributed by atoms with E-state index in [4.69, 9.17) is 24.1 Å². The van der Waals surface area contributed by atoms with E-state index in [1.54, 1.807) is 18.4 Å². The van der Waals surface area contributed by atoms with Crippen LogP contribution in [0.5, 0.6) is 5.75 Å². The Hall–Kier alpha value is -3.97. The number of carboxylic acids is 1. The fourth-order valence-corrected chi connectivity index (χ4v) is 4.75. The van der Waals surface area contributed by atoms with Crippen molar-refractivity contribution in [3.8, 4) is 27.7 Å². The van der Waals surface area contributed by atoms with Crippen molar-refractivity contribution in [2.45, 2.75) is 12.6 Å². The molecule has 0 bridgehead atoms. The maximum Gasteiger partial charge on any atom is 0.490 e.